The average molecular weight is 549 g/mol. The molecule has 1 aliphatic heterocycles. The average Bonchev–Trinajstić information content (AvgIpc) is 3.27. The summed E-state index contributed by atoms with van der Waals surface area (Å²) in [4.78, 5) is 28.4. The van der Waals surface area contributed by atoms with Crippen LogP contribution in [0.5, 0.6) is 0 Å². The fourth-order valence-electron chi connectivity index (χ4n) is 6.89. The Kier molecular flexibility index (Phi) is 7.64. The molecule has 1 aromatic carbocycles. The zero-order valence-corrected chi connectivity index (χ0v) is 23.7. The van der Waals surface area contributed by atoms with Gasteiger partial charge in [-0.15, -0.1) is 0 Å². The van der Waals surface area contributed by atoms with E-state index in [0.29, 0.717) is 23.3 Å². The third-order valence-electron chi connectivity index (χ3n) is 9.56. The van der Waals surface area contributed by atoms with Gasteiger partial charge < -0.3 is 19.9 Å². The Balaban J connectivity index is 1.48. The Morgan fingerprint density at radius 2 is 1.88 bits per heavy atom. The fourth-order valence-corrected chi connectivity index (χ4v) is 6.89. The lowest BCUT2D eigenvalue weighted by molar-refractivity contribution is 0.0684. The quantitative estimate of drug-likeness (QED) is 0.319. The number of nitrogens with zero attached hydrogens (tertiary/aromatic N) is 5. The van der Waals surface area contributed by atoms with Gasteiger partial charge in [0.25, 0.3) is 0 Å². The molecule has 0 radical (unpaired) electrons. The highest BCUT2D eigenvalue weighted by molar-refractivity contribution is 5.91. The molecule has 0 bridgehead atoms. The molecule has 3 fully saturated rings. The van der Waals surface area contributed by atoms with Crippen molar-refractivity contribution in [1.82, 2.24) is 19.5 Å². The van der Waals surface area contributed by atoms with Gasteiger partial charge in [-0.1, -0.05) is 38.3 Å². The first-order valence-corrected chi connectivity index (χ1v) is 15.2. The van der Waals surface area contributed by atoms with Gasteiger partial charge in [0.15, 0.2) is 11.5 Å². The van der Waals surface area contributed by atoms with Crippen LogP contribution < -0.4 is 10.2 Å². The highest BCUT2D eigenvalue weighted by Crippen LogP contribution is 2.40. The van der Waals surface area contributed by atoms with Crippen LogP contribution in [0.25, 0.3) is 11.2 Å². The van der Waals surface area contributed by atoms with Crippen molar-refractivity contribution in [3.63, 3.8) is 0 Å². The van der Waals surface area contributed by atoms with Crippen LogP contribution in [0.3, 0.4) is 0 Å². The maximum Gasteiger partial charge on any atom is 0.374 e. The summed E-state index contributed by atoms with van der Waals surface area (Å²) in [6.45, 7) is 6.07. The number of carboxylic acids is 1. The minimum absolute atomic E-state index is 0.0106. The number of benzene rings is 1. The topological polar surface area (TPSA) is 96.2 Å². The Labute approximate surface area is 235 Å². The minimum atomic E-state index is -1.16. The number of anilines is 2. The molecule has 40 heavy (non-hydrogen) atoms. The number of hydrogen-bond acceptors (Lipinski definition) is 6. The van der Waals surface area contributed by atoms with Crippen molar-refractivity contribution in [1.29, 1.82) is 0 Å². The van der Waals surface area contributed by atoms with Crippen molar-refractivity contribution in [2.45, 2.75) is 96.7 Å². The second-order valence-corrected chi connectivity index (χ2v) is 12.4. The summed E-state index contributed by atoms with van der Waals surface area (Å²) in [6.07, 6.45) is 11.3. The number of fused-ring (bicyclic) bond motifs is 1. The van der Waals surface area contributed by atoms with Gasteiger partial charge in [-0.25, -0.2) is 19.2 Å². The van der Waals surface area contributed by atoms with Crippen molar-refractivity contribution < 1.29 is 14.3 Å². The summed E-state index contributed by atoms with van der Waals surface area (Å²) in [5.41, 5.74) is 2.14. The first-order chi connectivity index (χ1) is 19.4. The Hall–Kier alpha value is -3.23. The standard InChI is InChI=1S/C31H41FN6O2/c1-19-12-14-21(15-13-19)18-38-26-27(33-20(2)22-7-5-8-22)34-29(30(39)40)35-28(26)36-31(38)37-16-4-3-11-25(37)23-9-6-10-24(32)17-23/h6,9-10,17,19-22,25H,3-5,7-8,11-16,18H2,1-2H3,(H,39,40)(H,33,34,35)/t19-,20-,21-,25?/m1/s1. The molecule has 3 aliphatic rings. The smallest absolute Gasteiger partial charge is 0.374 e. The number of nitrogens with one attached hydrogen (secondary N) is 1. The van der Waals surface area contributed by atoms with Crippen LogP contribution in [-0.2, 0) is 6.54 Å². The van der Waals surface area contributed by atoms with E-state index in [9.17, 15) is 14.3 Å². The van der Waals surface area contributed by atoms with E-state index in [1.54, 1.807) is 12.1 Å². The number of aromatic carboxylic acids is 1. The molecular weight excluding hydrogens is 507 g/mol. The highest BCUT2D eigenvalue weighted by Gasteiger charge is 2.33. The van der Waals surface area contributed by atoms with Crippen LogP contribution in [0.1, 0.15) is 100 Å². The van der Waals surface area contributed by atoms with E-state index in [1.165, 1.54) is 38.2 Å². The number of piperidine rings is 1. The third-order valence-corrected chi connectivity index (χ3v) is 9.56. The predicted molar refractivity (Wildman–Crippen MR) is 154 cm³/mol. The van der Waals surface area contributed by atoms with Crippen molar-refractivity contribution in [2.24, 2.45) is 17.8 Å². The van der Waals surface area contributed by atoms with Crippen molar-refractivity contribution in [3.05, 3.63) is 41.5 Å². The monoisotopic (exact) mass is 548 g/mol. The van der Waals surface area contributed by atoms with Gasteiger partial charge in [-0.05, 0) is 87.3 Å². The third kappa shape index (κ3) is 5.39. The van der Waals surface area contributed by atoms with Crippen LogP contribution in [-0.4, -0.2) is 43.2 Å². The molecule has 3 heterocycles. The van der Waals surface area contributed by atoms with Crippen LogP contribution in [0.15, 0.2) is 24.3 Å². The summed E-state index contributed by atoms with van der Waals surface area (Å²) in [7, 11) is 0. The molecule has 1 saturated heterocycles. The number of carbonyl (C=O) groups is 1. The second-order valence-electron chi connectivity index (χ2n) is 12.4. The zero-order valence-electron chi connectivity index (χ0n) is 23.7. The SMILES string of the molecule is C[C@@H](Nc1nc(C(=O)O)nc2nc(N3CCCCC3c3cccc(F)c3)n(C[C@H]3CC[C@H](C)CC3)c12)C1CCC1. The minimum Gasteiger partial charge on any atom is -0.475 e. The molecule has 0 spiro atoms. The van der Waals surface area contributed by atoms with Gasteiger partial charge >= 0.3 is 5.97 Å². The van der Waals surface area contributed by atoms with E-state index >= 15 is 0 Å². The summed E-state index contributed by atoms with van der Waals surface area (Å²) in [6, 6.07) is 7.05. The van der Waals surface area contributed by atoms with E-state index < -0.39 is 5.97 Å². The normalized spacial score (nSPS) is 24.6. The number of halogens is 1. The van der Waals surface area contributed by atoms with E-state index in [1.807, 2.05) is 6.07 Å². The van der Waals surface area contributed by atoms with E-state index in [2.05, 4.69) is 38.6 Å². The lowest BCUT2D eigenvalue weighted by Crippen LogP contribution is -2.36. The van der Waals surface area contributed by atoms with Crippen molar-refractivity contribution in [2.75, 3.05) is 16.8 Å². The molecule has 2 aliphatic carbocycles. The van der Waals surface area contributed by atoms with Gasteiger partial charge in [0.05, 0.1) is 6.04 Å². The summed E-state index contributed by atoms with van der Waals surface area (Å²) >= 11 is 0. The Bertz CT molecular complexity index is 1360. The molecule has 214 valence electrons. The Morgan fingerprint density at radius 3 is 2.58 bits per heavy atom. The van der Waals surface area contributed by atoms with E-state index in [-0.39, 0.29) is 23.7 Å². The lowest BCUT2D eigenvalue weighted by Gasteiger charge is -2.38. The maximum absolute atomic E-state index is 14.3. The highest BCUT2D eigenvalue weighted by atomic mass is 19.1. The molecule has 2 atom stereocenters. The van der Waals surface area contributed by atoms with Crippen LogP contribution in [0, 0.1) is 23.6 Å². The number of carboxylic acid groups (broad SMARTS) is 1. The maximum atomic E-state index is 14.3. The summed E-state index contributed by atoms with van der Waals surface area (Å²) < 4.78 is 16.6. The first-order valence-electron chi connectivity index (χ1n) is 15.2. The van der Waals surface area contributed by atoms with Crippen LogP contribution >= 0.6 is 0 Å². The van der Waals surface area contributed by atoms with Gasteiger partial charge in [0.1, 0.15) is 11.3 Å². The molecule has 8 nitrogen and oxygen atoms in total. The van der Waals surface area contributed by atoms with Crippen LogP contribution in [0.2, 0.25) is 0 Å². The molecule has 6 rings (SSSR count). The van der Waals surface area contributed by atoms with Crippen LogP contribution in [0.4, 0.5) is 16.2 Å². The number of aromatic nitrogens is 4. The fraction of sp³-hybridized carbons (Fsp3) is 0.613. The molecule has 9 heteroatoms. The molecule has 0 amide bonds. The number of hydrogen-bond donors (Lipinski definition) is 2. The second kappa shape index (κ2) is 11.3. The Morgan fingerprint density at radius 1 is 1.07 bits per heavy atom. The molecule has 1 unspecified atom stereocenters. The van der Waals surface area contributed by atoms with Gasteiger partial charge in [0.2, 0.25) is 11.8 Å². The number of imidazole rings is 1. The zero-order chi connectivity index (χ0) is 27.8. The van der Waals surface area contributed by atoms with E-state index in [0.717, 1.165) is 68.1 Å². The first kappa shape index (κ1) is 27.0. The van der Waals surface area contributed by atoms with Crippen molar-refractivity contribution >= 4 is 28.9 Å². The lowest BCUT2D eigenvalue weighted by atomic mass is 9.80. The van der Waals surface area contributed by atoms with Gasteiger partial charge in [0, 0.05) is 19.1 Å². The van der Waals surface area contributed by atoms with E-state index in [4.69, 9.17) is 4.98 Å². The largest absolute Gasteiger partial charge is 0.475 e. The molecule has 2 N–H and O–H groups in total. The van der Waals surface area contributed by atoms with Crippen molar-refractivity contribution in [3.8, 4) is 0 Å². The molecule has 2 saturated carbocycles. The summed E-state index contributed by atoms with van der Waals surface area (Å²) in [5, 5.41) is 13.5. The number of rotatable bonds is 8. The molecule has 2 aromatic heterocycles. The summed E-state index contributed by atoms with van der Waals surface area (Å²) in [5.74, 6) is 1.52. The van der Waals surface area contributed by atoms with Gasteiger partial charge in [-0.3, -0.25) is 0 Å². The molecule has 3 aromatic rings. The van der Waals surface area contributed by atoms with Gasteiger partial charge in [-0.2, -0.15) is 4.98 Å². The predicted octanol–water partition coefficient (Wildman–Crippen LogP) is 6.82. The molecular formula is C31H41FN6O2.